The molecular formula is C11H18N2O. The second kappa shape index (κ2) is 4.45. The van der Waals surface area contributed by atoms with Crippen LogP contribution in [0.1, 0.15) is 46.0 Å². The molecule has 1 aliphatic rings. The maximum atomic E-state index is 11.0. The largest absolute Gasteiger partial charge is 0.338 e. The molecule has 0 saturated heterocycles. The van der Waals surface area contributed by atoms with E-state index in [0.29, 0.717) is 0 Å². The van der Waals surface area contributed by atoms with E-state index in [-0.39, 0.29) is 5.91 Å². The zero-order valence-electron chi connectivity index (χ0n) is 8.97. The predicted molar refractivity (Wildman–Crippen MR) is 54.4 cm³/mol. The number of hydrogen-bond donors (Lipinski definition) is 1. The molecule has 0 aromatic heterocycles. The zero-order chi connectivity index (χ0) is 10.6. The van der Waals surface area contributed by atoms with Crippen LogP contribution in [-0.4, -0.2) is 11.4 Å². The number of nitrogens with zero attached hydrogens (tertiary/aromatic N) is 1. The van der Waals surface area contributed by atoms with E-state index in [0.717, 1.165) is 31.6 Å². The average molecular weight is 194 g/mol. The molecule has 1 fully saturated rings. The molecule has 3 nitrogen and oxygen atoms in total. The Hall–Kier alpha value is -1.04. The van der Waals surface area contributed by atoms with E-state index in [2.05, 4.69) is 18.3 Å². The third kappa shape index (κ3) is 2.47. The van der Waals surface area contributed by atoms with Crippen LogP contribution in [0.15, 0.2) is 0 Å². The third-order valence-corrected chi connectivity index (χ3v) is 3.17. The van der Waals surface area contributed by atoms with E-state index in [9.17, 15) is 4.79 Å². The van der Waals surface area contributed by atoms with Crippen LogP contribution in [-0.2, 0) is 4.79 Å². The van der Waals surface area contributed by atoms with Crippen molar-refractivity contribution in [3.63, 3.8) is 0 Å². The van der Waals surface area contributed by atoms with Gasteiger partial charge in [0.1, 0.15) is 5.54 Å². The summed E-state index contributed by atoms with van der Waals surface area (Å²) in [5.74, 6) is 0.645. The van der Waals surface area contributed by atoms with Gasteiger partial charge in [-0.25, -0.2) is 0 Å². The molecule has 0 aromatic rings. The second-order valence-electron chi connectivity index (χ2n) is 4.23. The fourth-order valence-electron chi connectivity index (χ4n) is 2.18. The van der Waals surface area contributed by atoms with Crippen molar-refractivity contribution in [3.8, 4) is 6.07 Å². The maximum absolute atomic E-state index is 11.0. The summed E-state index contributed by atoms with van der Waals surface area (Å²) in [4.78, 5) is 11.0. The quantitative estimate of drug-likeness (QED) is 0.730. The molecule has 0 heterocycles. The molecule has 1 aliphatic carbocycles. The Morgan fingerprint density at radius 3 is 2.50 bits per heavy atom. The maximum Gasteiger partial charge on any atom is 0.218 e. The van der Waals surface area contributed by atoms with Crippen molar-refractivity contribution < 1.29 is 4.79 Å². The monoisotopic (exact) mass is 194 g/mol. The molecule has 0 aromatic carbocycles. The predicted octanol–water partition coefficient (Wildman–Crippen LogP) is 1.99. The lowest BCUT2D eigenvalue weighted by molar-refractivity contribution is -0.120. The van der Waals surface area contributed by atoms with Gasteiger partial charge < -0.3 is 5.32 Å². The molecule has 1 amide bonds. The number of hydrogen-bond acceptors (Lipinski definition) is 2. The molecule has 0 atom stereocenters. The SMILES string of the molecule is CCC1CCC(C#N)(NC(C)=O)CC1. The van der Waals surface area contributed by atoms with Gasteiger partial charge in [-0.2, -0.15) is 5.26 Å². The Labute approximate surface area is 85.5 Å². The van der Waals surface area contributed by atoms with Crippen LogP contribution in [0.3, 0.4) is 0 Å². The molecule has 1 saturated carbocycles. The van der Waals surface area contributed by atoms with Gasteiger partial charge in [0.05, 0.1) is 6.07 Å². The summed E-state index contributed by atoms with van der Waals surface area (Å²) >= 11 is 0. The molecule has 1 rings (SSSR count). The lowest BCUT2D eigenvalue weighted by Gasteiger charge is -2.34. The minimum Gasteiger partial charge on any atom is -0.338 e. The van der Waals surface area contributed by atoms with Gasteiger partial charge in [0.15, 0.2) is 0 Å². The number of amides is 1. The molecule has 78 valence electrons. The first-order valence-electron chi connectivity index (χ1n) is 5.32. The molecule has 0 spiro atoms. The van der Waals surface area contributed by atoms with Crippen LogP contribution >= 0.6 is 0 Å². The van der Waals surface area contributed by atoms with E-state index >= 15 is 0 Å². The molecule has 0 bridgehead atoms. The topological polar surface area (TPSA) is 52.9 Å². The van der Waals surface area contributed by atoms with Gasteiger partial charge in [-0.3, -0.25) is 4.79 Å². The highest BCUT2D eigenvalue weighted by Crippen LogP contribution is 2.33. The first kappa shape index (κ1) is 11.0. The number of carbonyl (C=O) groups is 1. The molecule has 0 unspecified atom stereocenters. The van der Waals surface area contributed by atoms with E-state index in [4.69, 9.17) is 5.26 Å². The summed E-state index contributed by atoms with van der Waals surface area (Å²) in [5, 5.41) is 11.9. The van der Waals surface area contributed by atoms with Crippen LogP contribution in [0.2, 0.25) is 0 Å². The van der Waals surface area contributed by atoms with E-state index in [1.54, 1.807) is 0 Å². The van der Waals surface area contributed by atoms with E-state index in [1.165, 1.54) is 13.3 Å². The van der Waals surface area contributed by atoms with Crippen molar-refractivity contribution in [2.45, 2.75) is 51.5 Å². The van der Waals surface area contributed by atoms with Gasteiger partial charge in [0, 0.05) is 6.92 Å². The summed E-state index contributed by atoms with van der Waals surface area (Å²) < 4.78 is 0. The van der Waals surface area contributed by atoms with Crippen LogP contribution in [0.25, 0.3) is 0 Å². The molecule has 3 heteroatoms. The molecule has 0 aliphatic heterocycles. The summed E-state index contributed by atoms with van der Waals surface area (Å²) in [6.45, 7) is 3.66. The first-order valence-corrected chi connectivity index (χ1v) is 5.32. The van der Waals surface area contributed by atoms with E-state index in [1.807, 2.05) is 0 Å². The fourth-order valence-corrected chi connectivity index (χ4v) is 2.18. The fraction of sp³-hybridized carbons (Fsp3) is 0.818. The van der Waals surface area contributed by atoms with Crippen LogP contribution in [0.5, 0.6) is 0 Å². The highest BCUT2D eigenvalue weighted by Gasteiger charge is 2.35. The van der Waals surface area contributed by atoms with Crippen molar-refractivity contribution in [3.05, 3.63) is 0 Å². The lowest BCUT2D eigenvalue weighted by atomic mass is 9.76. The Kier molecular flexibility index (Phi) is 3.51. The standard InChI is InChI=1S/C11H18N2O/c1-3-10-4-6-11(8-12,7-5-10)13-9(2)14/h10H,3-7H2,1-2H3,(H,13,14). The Bertz CT molecular complexity index is 247. The normalized spacial score (nSPS) is 31.9. The van der Waals surface area contributed by atoms with Gasteiger partial charge >= 0.3 is 0 Å². The van der Waals surface area contributed by atoms with Crippen molar-refractivity contribution >= 4 is 5.91 Å². The van der Waals surface area contributed by atoms with Crippen molar-refractivity contribution in [1.29, 1.82) is 5.26 Å². The summed E-state index contributed by atoms with van der Waals surface area (Å²) in [6, 6.07) is 2.26. The molecule has 14 heavy (non-hydrogen) atoms. The molecule has 1 N–H and O–H groups in total. The van der Waals surface area contributed by atoms with Crippen LogP contribution in [0.4, 0.5) is 0 Å². The van der Waals surface area contributed by atoms with Crippen molar-refractivity contribution in [2.75, 3.05) is 0 Å². The minimum atomic E-state index is -0.572. The summed E-state index contributed by atoms with van der Waals surface area (Å²) in [7, 11) is 0. The highest BCUT2D eigenvalue weighted by molar-refractivity contribution is 5.74. The zero-order valence-corrected chi connectivity index (χ0v) is 8.97. The number of rotatable bonds is 2. The second-order valence-corrected chi connectivity index (χ2v) is 4.23. The lowest BCUT2D eigenvalue weighted by Crippen LogP contribution is -2.48. The average Bonchev–Trinajstić information content (AvgIpc) is 2.18. The number of nitriles is 1. The van der Waals surface area contributed by atoms with Crippen molar-refractivity contribution in [1.82, 2.24) is 5.32 Å². The van der Waals surface area contributed by atoms with E-state index < -0.39 is 5.54 Å². The van der Waals surface area contributed by atoms with Gasteiger partial charge in [-0.1, -0.05) is 13.3 Å². The van der Waals surface area contributed by atoms with Crippen molar-refractivity contribution in [2.24, 2.45) is 5.92 Å². The smallest absolute Gasteiger partial charge is 0.218 e. The Morgan fingerprint density at radius 2 is 2.14 bits per heavy atom. The van der Waals surface area contributed by atoms with Gasteiger partial charge in [0.2, 0.25) is 5.91 Å². The summed E-state index contributed by atoms with van der Waals surface area (Å²) in [6.07, 6.45) is 4.92. The van der Waals surface area contributed by atoms with Crippen LogP contribution < -0.4 is 5.32 Å². The third-order valence-electron chi connectivity index (χ3n) is 3.17. The van der Waals surface area contributed by atoms with Gasteiger partial charge in [-0.15, -0.1) is 0 Å². The Balaban J connectivity index is 2.58. The Morgan fingerprint density at radius 1 is 1.57 bits per heavy atom. The molecule has 0 radical (unpaired) electrons. The molecular weight excluding hydrogens is 176 g/mol. The van der Waals surface area contributed by atoms with Crippen LogP contribution in [0, 0.1) is 17.2 Å². The first-order chi connectivity index (χ1) is 6.62. The van der Waals surface area contributed by atoms with Gasteiger partial charge in [-0.05, 0) is 31.6 Å². The summed E-state index contributed by atoms with van der Waals surface area (Å²) in [5.41, 5.74) is -0.572. The number of carbonyl (C=O) groups excluding carboxylic acids is 1. The minimum absolute atomic E-state index is 0.0958. The van der Waals surface area contributed by atoms with Gasteiger partial charge in [0.25, 0.3) is 0 Å². The number of nitrogens with one attached hydrogen (secondary N) is 1. The highest BCUT2D eigenvalue weighted by atomic mass is 16.1.